The van der Waals surface area contributed by atoms with E-state index in [9.17, 15) is 14.3 Å². The van der Waals surface area contributed by atoms with Crippen molar-refractivity contribution in [2.75, 3.05) is 20.1 Å². The number of amides is 2. The Morgan fingerprint density at radius 2 is 2.27 bits per heavy atom. The van der Waals surface area contributed by atoms with Gasteiger partial charge in [0.1, 0.15) is 5.82 Å². The highest BCUT2D eigenvalue weighted by Crippen LogP contribution is 2.26. The molecule has 0 saturated heterocycles. The van der Waals surface area contributed by atoms with Crippen molar-refractivity contribution in [3.05, 3.63) is 34.6 Å². The van der Waals surface area contributed by atoms with Gasteiger partial charge < -0.3 is 15.3 Å². The van der Waals surface area contributed by atoms with Crippen LogP contribution < -0.4 is 5.32 Å². The second-order valence-electron chi connectivity index (χ2n) is 5.82. The summed E-state index contributed by atoms with van der Waals surface area (Å²) in [6.45, 7) is 0.852. The maximum absolute atomic E-state index is 13.6. The van der Waals surface area contributed by atoms with E-state index in [4.69, 9.17) is 11.6 Å². The van der Waals surface area contributed by atoms with Crippen LogP contribution in [0.15, 0.2) is 18.2 Å². The van der Waals surface area contributed by atoms with Crippen molar-refractivity contribution in [1.29, 1.82) is 0 Å². The Hall–Kier alpha value is -1.33. The molecular formula is C16H22ClFN2O2. The first-order valence-electron chi connectivity index (χ1n) is 7.59. The topological polar surface area (TPSA) is 52.6 Å². The summed E-state index contributed by atoms with van der Waals surface area (Å²) in [7, 11) is 1.70. The zero-order chi connectivity index (χ0) is 16.1. The van der Waals surface area contributed by atoms with Gasteiger partial charge in [0.15, 0.2) is 0 Å². The fourth-order valence-electron chi connectivity index (χ4n) is 2.87. The number of hydrogen-bond acceptors (Lipinski definition) is 2. The van der Waals surface area contributed by atoms with E-state index in [1.807, 2.05) is 0 Å². The van der Waals surface area contributed by atoms with Crippen LogP contribution in [-0.2, 0) is 6.42 Å². The van der Waals surface area contributed by atoms with E-state index in [-0.39, 0.29) is 23.9 Å². The van der Waals surface area contributed by atoms with E-state index in [2.05, 4.69) is 5.32 Å². The molecule has 0 aliphatic heterocycles. The van der Waals surface area contributed by atoms with Crippen LogP contribution in [-0.4, -0.2) is 42.3 Å². The minimum Gasteiger partial charge on any atom is -0.393 e. The molecule has 1 saturated carbocycles. The molecule has 0 bridgehead atoms. The van der Waals surface area contributed by atoms with Gasteiger partial charge in [0.05, 0.1) is 6.10 Å². The molecule has 2 amide bonds. The highest BCUT2D eigenvalue weighted by atomic mass is 35.5. The third-order valence-corrected chi connectivity index (χ3v) is 4.54. The molecule has 2 atom stereocenters. The Bertz CT molecular complexity index is 507. The summed E-state index contributed by atoms with van der Waals surface area (Å²) in [4.78, 5) is 13.6. The van der Waals surface area contributed by atoms with Crippen molar-refractivity contribution in [1.82, 2.24) is 10.2 Å². The Morgan fingerprint density at radius 1 is 1.50 bits per heavy atom. The highest BCUT2D eigenvalue weighted by molar-refractivity contribution is 6.31. The minimum absolute atomic E-state index is 0.150. The van der Waals surface area contributed by atoms with Gasteiger partial charge in [-0.25, -0.2) is 9.18 Å². The molecule has 122 valence electrons. The number of halogens is 2. The summed E-state index contributed by atoms with van der Waals surface area (Å²) in [6, 6.07) is 4.33. The summed E-state index contributed by atoms with van der Waals surface area (Å²) in [5.41, 5.74) is 0.415. The molecule has 0 heterocycles. The van der Waals surface area contributed by atoms with Crippen molar-refractivity contribution in [3.8, 4) is 0 Å². The van der Waals surface area contributed by atoms with E-state index in [1.54, 1.807) is 24.1 Å². The predicted octanol–water partition coefficient (Wildman–Crippen LogP) is 2.82. The molecule has 1 aliphatic carbocycles. The zero-order valence-electron chi connectivity index (χ0n) is 12.7. The number of urea groups is 1. The van der Waals surface area contributed by atoms with Crippen LogP contribution in [0, 0.1) is 11.7 Å². The fourth-order valence-corrected chi connectivity index (χ4v) is 3.12. The van der Waals surface area contributed by atoms with Gasteiger partial charge in [-0.3, -0.25) is 0 Å². The number of carbonyl (C=O) groups is 1. The van der Waals surface area contributed by atoms with Crippen LogP contribution in [0.5, 0.6) is 0 Å². The summed E-state index contributed by atoms with van der Waals surface area (Å²) >= 11 is 5.95. The quantitative estimate of drug-likeness (QED) is 0.873. The molecule has 1 aromatic carbocycles. The summed E-state index contributed by atoms with van der Waals surface area (Å²) in [5, 5.41) is 12.9. The van der Waals surface area contributed by atoms with Crippen molar-refractivity contribution >= 4 is 17.6 Å². The number of carbonyl (C=O) groups excluding carboxylic acids is 1. The number of aliphatic hydroxyl groups excluding tert-OH is 1. The lowest BCUT2D eigenvalue weighted by atomic mass is 10.1. The molecular weight excluding hydrogens is 307 g/mol. The molecule has 0 aromatic heterocycles. The van der Waals surface area contributed by atoms with Crippen molar-refractivity contribution in [2.24, 2.45) is 5.92 Å². The van der Waals surface area contributed by atoms with Crippen molar-refractivity contribution in [3.63, 3.8) is 0 Å². The average Bonchev–Trinajstić information content (AvgIpc) is 2.87. The molecule has 1 aromatic rings. The normalized spacial score (nSPS) is 20.9. The highest BCUT2D eigenvalue weighted by Gasteiger charge is 2.27. The van der Waals surface area contributed by atoms with Gasteiger partial charge in [-0.1, -0.05) is 24.1 Å². The van der Waals surface area contributed by atoms with Crippen molar-refractivity contribution < 1.29 is 14.3 Å². The lowest BCUT2D eigenvalue weighted by molar-refractivity contribution is 0.114. The number of benzene rings is 1. The SMILES string of the molecule is CN(CC1CCCC1O)C(=O)NCCc1c(F)cccc1Cl. The standard InChI is InChI=1S/C16H22ClFN2O2/c1-20(10-11-4-2-7-15(11)21)16(22)19-9-8-12-13(17)5-3-6-14(12)18/h3,5-6,11,15,21H,2,4,7-10H2,1H3,(H,19,22). The van der Waals surface area contributed by atoms with Crippen LogP contribution in [0.3, 0.4) is 0 Å². The first-order valence-corrected chi connectivity index (χ1v) is 7.96. The van der Waals surface area contributed by atoms with Crippen LogP contribution in [0.2, 0.25) is 5.02 Å². The number of rotatable bonds is 5. The molecule has 2 rings (SSSR count). The third-order valence-electron chi connectivity index (χ3n) is 4.19. The van der Waals surface area contributed by atoms with Gasteiger partial charge in [-0.2, -0.15) is 0 Å². The second-order valence-corrected chi connectivity index (χ2v) is 6.23. The molecule has 2 unspecified atom stereocenters. The van der Waals surface area contributed by atoms with Gasteiger partial charge >= 0.3 is 6.03 Å². The van der Waals surface area contributed by atoms with Crippen molar-refractivity contribution in [2.45, 2.75) is 31.8 Å². The number of nitrogens with zero attached hydrogens (tertiary/aromatic N) is 1. The Labute approximate surface area is 135 Å². The van der Waals surface area contributed by atoms with E-state index < -0.39 is 0 Å². The largest absolute Gasteiger partial charge is 0.393 e. The molecule has 0 spiro atoms. The van der Waals surface area contributed by atoms with E-state index in [0.29, 0.717) is 30.1 Å². The first kappa shape index (κ1) is 17.0. The van der Waals surface area contributed by atoms with Crippen LogP contribution in [0.4, 0.5) is 9.18 Å². The first-order chi connectivity index (χ1) is 10.5. The van der Waals surface area contributed by atoms with Crippen LogP contribution in [0.1, 0.15) is 24.8 Å². The molecule has 22 heavy (non-hydrogen) atoms. The van der Waals surface area contributed by atoms with Gasteiger partial charge in [0, 0.05) is 36.6 Å². The lowest BCUT2D eigenvalue weighted by Crippen LogP contribution is -2.41. The number of nitrogens with one attached hydrogen (secondary N) is 1. The maximum atomic E-state index is 13.6. The minimum atomic E-state index is -0.357. The Balaban J connectivity index is 1.77. The zero-order valence-corrected chi connectivity index (χ0v) is 13.4. The second kappa shape index (κ2) is 7.79. The molecule has 1 fully saturated rings. The Kier molecular flexibility index (Phi) is 6.03. The van der Waals surface area contributed by atoms with E-state index >= 15 is 0 Å². The summed E-state index contributed by atoms with van der Waals surface area (Å²) in [5.74, 6) is -0.207. The third kappa shape index (κ3) is 4.34. The molecule has 0 radical (unpaired) electrons. The summed E-state index contributed by atoms with van der Waals surface area (Å²) < 4.78 is 13.6. The fraction of sp³-hybridized carbons (Fsp3) is 0.562. The van der Waals surface area contributed by atoms with Gasteiger partial charge in [0.2, 0.25) is 0 Å². The Morgan fingerprint density at radius 3 is 2.91 bits per heavy atom. The molecule has 2 N–H and O–H groups in total. The van der Waals surface area contributed by atoms with E-state index in [0.717, 1.165) is 19.3 Å². The maximum Gasteiger partial charge on any atom is 0.317 e. The summed E-state index contributed by atoms with van der Waals surface area (Å²) in [6.07, 6.45) is 2.80. The predicted molar refractivity (Wildman–Crippen MR) is 84.5 cm³/mol. The lowest BCUT2D eigenvalue weighted by Gasteiger charge is -2.23. The van der Waals surface area contributed by atoms with Gasteiger partial charge in [-0.15, -0.1) is 0 Å². The number of hydrogen-bond donors (Lipinski definition) is 2. The van der Waals surface area contributed by atoms with E-state index in [1.165, 1.54) is 6.07 Å². The van der Waals surface area contributed by atoms with Crippen LogP contribution in [0.25, 0.3) is 0 Å². The van der Waals surface area contributed by atoms with Gasteiger partial charge in [-0.05, 0) is 31.4 Å². The number of aliphatic hydroxyl groups is 1. The molecule has 4 nitrogen and oxygen atoms in total. The van der Waals surface area contributed by atoms with Crippen LogP contribution >= 0.6 is 11.6 Å². The monoisotopic (exact) mass is 328 g/mol. The smallest absolute Gasteiger partial charge is 0.317 e. The molecule has 6 heteroatoms. The average molecular weight is 329 g/mol. The van der Waals surface area contributed by atoms with Gasteiger partial charge in [0.25, 0.3) is 0 Å². The molecule has 1 aliphatic rings.